The molecule has 2 aliphatic rings. The Bertz CT molecular complexity index is 224. The third-order valence-corrected chi connectivity index (χ3v) is 3.87. The highest BCUT2D eigenvalue weighted by Crippen LogP contribution is 2.26. The first-order valence-electron chi connectivity index (χ1n) is 6.77. The fourth-order valence-corrected chi connectivity index (χ4v) is 3.31. The van der Waals surface area contributed by atoms with Crippen LogP contribution in [0.25, 0.3) is 0 Å². The minimum Gasteiger partial charge on any atom is -0.288 e. The summed E-state index contributed by atoms with van der Waals surface area (Å²) in [5, 5.41) is 0. The number of nitrogens with zero attached hydrogens (tertiary/aromatic N) is 2. The van der Waals surface area contributed by atoms with Gasteiger partial charge in [0.05, 0.1) is 6.17 Å². The SMILES string of the molecule is CC(C)(S)CN1CCCN2CCCCCC21. The van der Waals surface area contributed by atoms with E-state index in [2.05, 4.69) is 36.3 Å². The van der Waals surface area contributed by atoms with Gasteiger partial charge in [-0.3, -0.25) is 9.80 Å². The Balaban J connectivity index is 2.00. The molecule has 0 saturated carbocycles. The lowest BCUT2D eigenvalue weighted by atomic mass is 10.1. The molecule has 94 valence electrons. The number of thiol groups is 1. The van der Waals surface area contributed by atoms with Crippen LogP contribution >= 0.6 is 12.6 Å². The molecule has 0 N–H and O–H groups in total. The summed E-state index contributed by atoms with van der Waals surface area (Å²) in [6, 6.07) is 0. The normalized spacial score (nSPS) is 29.8. The van der Waals surface area contributed by atoms with Gasteiger partial charge in [0.15, 0.2) is 0 Å². The van der Waals surface area contributed by atoms with Crippen LogP contribution in [0, 0.1) is 0 Å². The molecular formula is C13H26N2S. The van der Waals surface area contributed by atoms with E-state index in [-0.39, 0.29) is 4.75 Å². The van der Waals surface area contributed by atoms with Gasteiger partial charge in [0.1, 0.15) is 0 Å². The van der Waals surface area contributed by atoms with Crippen LogP contribution in [0.3, 0.4) is 0 Å². The van der Waals surface area contributed by atoms with E-state index in [9.17, 15) is 0 Å². The van der Waals surface area contributed by atoms with E-state index in [1.54, 1.807) is 0 Å². The second-order valence-electron chi connectivity index (χ2n) is 6.00. The fraction of sp³-hybridized carbons (Fsp3) is 1.00. The molecule has 0 radical (unpaired) electrons. The standard InChI is InChI=1S/C13H26N2S/c1-13(2,16)11-15-10-6-9-14-8-5-3-4-7-12(14)15/h12,16H,3-11H2,1-2H3. The summed E-state index contributed by atoms with van der Waals surface area (Å²) in [7, 11) is 0. The maximum absolute atomic E-state index is 4.69. The molecule has 2 rings (SSSR count). The van der Waals surface area contributed by atoms with Crippen LogP contribution in [0.2, 0.25) is 0 Å². The molecule has 2 heterocycles. The number of hydrogen-bond donors (Lipinski definition) is 1. The lowest BCUT2D eigenvalue weighted by Gasteiger charge is -2.45. The maximum Gasteiger partial charge on any atom is 0.0622 e. The molecule has 0 aliphatic carbocycles. The molecular weight excluding hydrogens is 216 g/mol. The van der Waals surface area contributed by atoms with Crippen LogP contribution < -0.4 is 0 Å². The lowest BCUT2D eigenvalue weighted by molar-refractivity contribution is 0.00145. The number of fused-ring (bicyclic) bond motifs is 1. The lowest BCUT2D eigenvalue weighted by Crippen LogP contribution is -2.55. The van der Waals surface area contributed by atoms with Gasteiger partial charge in [-0.25, -0.2) is 0 Å². The summed E-state index contributed by atoms with van der Waals surface area (Å²) in [5.41, 5.74) is 0. The van der Waals surface area contributed by atoms with E-state index in [0.717, 1.165) is 6.54 Å². The van der Waals surface area contributed by atoms with E-state index >= 15 is 0 Å². The van der Waals surface area contributed by atoms with Crippen LogP contribution in [0.1, 0.15) is 46.0 Å². The van der Waals surface area contributed by atoms with Gasteiger partial charge in [0.25, 0.3) is 0 Å². The number of hydrogen-bond acceptors (Lipinski definition) is 3. The molecule has 0 bridgehead atoms. The van der Waals surface area contributed by atoms with Crippen molar-refractivity contribution in [3.05, 3.63) is 0 Å². The molecule has 0 aromatic heterocycles. The third kappa shape index (κ3) is 3.38. The summed E-state index contributed by atoms with van der Waals surface area (Å²) in [6.45, 7) is 9.47. The first-order valence-corrected chi connectivity index (χ1v) is 7.21. The summed E-state index contributed by atoms with van der Waals surface area (Å²) in [6.07, 6.45) is 7.64. The van der Waals surface area contributed by atoms with Gasteiger partial charge >= 0.3 is 0 Å². The summed E-state index contributed by atoms with van der Waals surface area (Å²) < 4.78 is 0.134. The molecule has 2 fully saturated rings. The van der Waals surface area contributed by atoms with Crippen molar-refractivity contribution in [2.24, 2.45) is 0 Å². The largest absolute Gasteiger partial charge is 0.288 e. The van der Waals surface area contributed by atoms with Gasteiger partial charge in [-0.05, 0) is 39.7 Å². The Labute approximate surface area is 106 Å². The second-order valence-corrected chi connectivity index (χ2v) is 7.21. The molecule has 16 heavy (non-hydrogen) atoms. The first-order chi connectivity index (χ1) is 7.56. The zero-order valence-electron chi connectivity index (χ0n) is 10.8. The smallest absolute Gasteiger partial charge is 0.0622 e. The molecule has 2 saturated heterocycles. The van der Waals surface area contributed by atoms with Gasteiger partial charge in [0.2, 0.25) is 0 Å². The highest BCUT2D eigenvalue weighted by Gasteiger charge is 2.32. The summed E-state index contributed by atoms with van der Waals surface area (Å²) >= 11 is 4.69. The van der Waals surface area contributed by atoms with Crippen LogP contribution in [-0.4, -0.2) is 46.9 Å². The van der Waals surface area contributed by atoms with Crippen molar-refractivity contribution in [3.63, 3.8) is 0 Å². The zero-order valence-corrected chi connectivity index (χ0v) is 11.7. The maximum atomic E-state index is 4.69. The zero-order chi connectivity index (χ0) is 11.6. The highest BCUT2D eigenvalue weighted by molar-refractivity contribution is 7.81. The Morgan fingerprint density at radius 3 is 2.56 bits per heavy atom. The van der Waals surface area contributed by atoms with Crippen LogP contribution in [0.15, 0.2) is 0 Å². The summed E-state index contributed by atoms with van der Waals surface area (Å²) in [5.74, 6) is 0. The van der Waals surface area contributed by atoms with Crippen molar-refractivity contribution in [3.8, 4) is 0 Å². The van der Waals surface area contributed by atoms with E-state index < -0.39 is 0 Å². The van der Waals surface area contributed by atoms with Gasteiger partial charge in [-0.1, -0.05) is 12.8 Å². The van der Waals surface area contributed by atoms with Crippen molar-refractivity contribution in [1.29, 1.82) is 0 Å². The Hall–Kier alpha value is 0.270. The van der Waals surface area contributed by atoms with Crippen molar-refractivity contribution >= 4 is 12.6 Å². The molecule has 0 aromatic carbocycles. The van der Waals surface area contributed by atoms with Crippen molar-refractivity contribution < 1.29 is 0 Å². The molecule has 0 aromatic rings. The van der Waals surface area contributed by atoms with Crippen molar-refractivity contribution in [2.45, 2.75) is 56.9 Å². The molecule has 1 atom stereocenters. The van der Waals surface area contributed by atoms with Gasteiger partial charge in [-0.15, -0.1) is 0 Å². The van der Waals surface area contributed by atoms with Gasteiger partial charge in [0, 0.05) is 24.4 Å². The third-order valence-electron chi connectivity index (χ3n) is 3.73. The van der Waals surface area contributed by atoms with E-state index in [1.165, 1.54) is 51.7 Å². The molecule has 0 amide bonds. The van der Waals surface area contributed by atoms with Crippen molar-refractivity contribution in [1.82, 2.24) is 9.80 Å². The quantitative estimate of drug-likeness (QED) is 0.744. The predicted octanol–water partition coefficient (Wildman–Crippen LogP) is 2.60. The molecule has 2 nitrogen and oxygen atoms in total. The van der Waals surface area contributed by atoms with E-state index in [4.69, 9.17) is 0 Å². The Morgan fingerprint density at radius 1 is 1.06 bits per heavy atom. The second kappa shape index (κ2) is 5.28. The van der Waals surface area contributed by atoms with E-state index in [0.29, 0.717) is 6.17 Å². The first kappa shape index (κ1) is 12.7. The predicted molar refractivity (Wildman–Crippen MR) is 73.1 cm³/mol. The topological polar surface area (TPSA) is 6.48 Å². The van der Waals surface area contributed by atoms with Gasteiger partial charge < -0.3 is 0 Å². The highest BCUT2D eigenvalue weighted by atomic mass is 32.1. The molecule has 3 heteroatoms. The average Bonchev–Trinajstić information content (AvgIpc) is 2.41. The monoisotopic (exact) mass is 242 g/mol. The van der Waals surface area contributed by atoms with Gasteiger partial charge in [-0.2, -0.15) is 12.6 Å². The molecule has 1 unspecified atom stereocenters. The van der Waals surface area contributed by atoms with Crippen molar-refractivity contribution in [2.75, 3.05) is 26.2 Å². The van der Waals surface area contributed by atoms with Crippen LogP contribution in [0.5, 0.6) is 0 Å². The summed E-state index contributed by atoms with van der Waals surface area (Å²) in [4.78, 5) is 5.37. The van der Waals surface area contributed by atoms with E-state index in [1.807, 2.05) is 0 Å². The molecule has 2 aliphatic heterocycles. The Morgan fingerprint density at radius 2 is 1.81 bits per heavy atom. The van der Waals surface area contributed by atoms with Crippen LogP contribution in [0.4, 0.5) is 0 Å². The fourth-order valence-electron chi connectivity index (χ4n) is 3.13. The minimum atomic E-state index is 0.134. The number of rotatable bonds is 2. The minimum absolute atomic E-state index is 0.134. The Kier molecular flexibility index (Phi) is 4.20. The average molecular weight is 242 g/mol. The molecule has 0 spiro atoms. The van der Waals surface area contributed by atoms with Crippen LogP contribution in [-0.2, 0) is 0 Å².